The Morgan fingerprint density at radius 1 is 1.35 bits per heavy atom. The number of hydrogen-bond acceptors (Lipinski definition) is 7. The Bertz CT molecular complexity index is 980. The molecule has 0 aliphatic heterocycles. The zero-order valence-electron chi connectivity index (χ0n) is 14.7. The quantitative estimate of drug-likeness (QED) is 0.705. The van der Waals surface area contributed by atoms with Crippen molar-refractivity contribution in [2.24, 2.45) is 0 Å². The first kappa shape index (κ1) is 18.0. The fourth-order valence-electron chi connectivity index (χ4n) is 2.43. The van der Waals surface area contributed by atoms with Crippen LogP contribution in [0.25, 0.3) is 4.96 Å². The minimum Gasteiger partial charge on any atom is -0.497 e. The van der Waals surface area contributed by atoms with Gasteiger partial charge in [-0.2, -0.15) is 9.61 Å². The Morgan fingerprint density at radius 2 is 2.08 bits per heavy atom. The highest BCUT2D eigenvalue weighted by molar-refractivity contribution is 7.16. The molecule has 136 valence electrons. The van der Waals surface area contributed by atoms with E-state index in [-0.39, 0.29) is 18.0 Å². The molecule has 8 nitrogen and oxygen atoms in total. The van der Waals surface area contributed by atoms with Gasteiger partial charge in [0, 0.05) is 17.4 Å². The topological polar surface area (TPSA) is 88.8 Å². The van der Waals surface area contributed by atoms with E-state index in [1.807, 2.05) is 11.9 Å². The van der Waals surface area contributed by atoms with E-state index < -0.39 is 0 Å². The summed E-state index contributed by atoms with van der Waals surface area (Å²) in [4.78, 5) is 30.8. The first-order chi connectivity index (χ1) is 12.4. The lowest BCUT2D eigenvalue weighted by atomic mass is 10.3. The highest BCUT2D eigenvalue weighted by atomic mass is 32.1. The maximum Gasteiger partial charge on any atom is 0.275 e. The molecule has 0 saturated carbocycles. The predicted molar refractivity (Wildman–Crippen MR) is 99.8 cm³/mol. The van der Waals surface area contributed by atoms with Crippen molar-refractivity contribution in [3.05, 3.63) is 51.4 Å². The summed E-state index contributed by atoms with van der Waals surface area (Å²) in [6, 6.07) is 8.58. The number of nitrogens with one attached hydrogen (secondary N) is 1. The number of nitrogens with zero attached hydrogens (tertiary/aromatic N) is 4. The molecule has 0 spiro atoms. The van der Waals surface area contributed by atoms with E-state index in [4.69, 9.17) is 4.74 Å². The number of aryl methyl sites for hydroxylation is 1. The Labute approximate surface area is 154 Å². The van der Waals surface area contributed by atoms with Crippen LogP contribution >= 0.6 is 11.3 Å². The molecule has 3 aromatic rings. The second-order valence-corrected chi connectivity index (χ2v) is 6.92. The zero-order chi connectivity index (χ0) is 18.7. The van der Waals surface area contributed by atoms with Gasteiger partial charge in [-0.05, 0) is 38.2 Å². The van der Waals surface area contributed by atoms with Crippen molar-refractivity contribution in [3.63, 3.8) is 0 Å². The van der Waals surface area contributed by atoms with Crippen LogP contribution in [0, 0.1) is 6.92 Å². The molecule has 0 aliphatic carbocycles. The second-order valence-electron chi connectivity index (χ2n) is 5.87. The fraction of sp³-hybridized carbons (Fsp3) is 0.294. The monoisotopic (exact) mass is 373 g/mol. The molecule has 0 fully saturated rings. The summed E-state index contributed by atoms with van der Waals surface area (Å²) in [6.45, 7) is 2.42. The number of carbonyl (C=O) groups is 1. The third kappa shape index (κ3) is 4.24. The van der Waals surface area contributed by atoms with Gasteiger partial charge in [-0.1, -0.05) is 11.3 Å². The van der Waals surface area contributed by atoms with Crippen LogP contribution in [0.3, 0.4) is 0 Å². The van der Waals surface area contributed by atoms with Crippen LogP contribution in [0.15, 0.2) is 35.1 Å². The van der Waals surface area contributed by atoms with Crippen molar-refractivity contribution >= 4 is 27.9 Å². The summed E-state index contributed by atoms with van der Waals surface area (Å²) in [6.07, 6.45) is 0. The number of methoxy groups -OCH3 is 1. The first-order valence-electron chi connectivity index (χ1n) is 7.93. The lowest BCUT2D eigenvalue weighted by molar-refractivity contribution is -0.117. The van der Waals surface area contributed by atoms with E-state index >= 15 is 0 Å². The number of likely N-dealkylation sites (N-methyl/N-ethyl adjacent to an activating group) is 1. The first-order valence-corrected chi connectivity index (χ1v) is 8.75. The predicted octanol–water partition coefficient (Wildman–Crippen LogP) is 1.54. The highest BCUT2D eigenvalue weighted by Crippen LogP contribution is 2.15. The van der Waals surface area contributed by atoms with E-state index in [0.717, 1.165) is 10.8 Å². The van der Waals surface area contributed by atoms with Gasteiger partial charge in [-0.3, -0.25) is 14.5 Å². The number of amides is 1. The molecule has 0 unspecified atom stereocenters. The summed E-state index contributed by atoms with van der Waals surface area (Å²) in [5, 5.41) is 7.83. The third-order valence-electron chi connectivity index (χ3n) is 3.61. The molecule has 0 saturated heterocycles. The van der Waals surface area contributed by atoms with Gasteiger partial charge in [0.05, 0.1) is 20.2 Å². The zero-order valence-corrected chi connectivity index (χ0v) is 15.5. The van der Waals surface area contributed by atoms with Crippen molar-refractivity contribution in [2.45, 2.75) is 13.5 Å². The van der Waals surface area contributed by atoms with Gasteiger partial charge >= 0.3 is 0 Å². The highest BCUT2D eigenvalue weighted by Gasteiger charge is 2.12. The Morgan fingerprint density at radius 3 is 2.77 bits per heavy atom. The van der Waals surface area contributed by atoms with Crippen LogP contribution in [0.5, 0.6) is 5.75 Å². The summed E-state index contributed by atoms with van der Waals surface area (Å²) in [7, 11) is 3.41. The number of rotatable bonds is 6. The number of benzene rings is 1. The van der Waals surface area contributed by atoms with Crippen LogP contribution in [-0.2, 0) is 11.3 Å². The van der Waals surface area contributed by atoms with Crippen molar-refractivity contribution in [1.82, 2.24) is 19.5 Å². The van der Waals surface area contributed by atoms with Crippen LogP contribution in [0.1, 0.15) is 10.7 Å². The van der Waals surface area contributed by atoms with Crippen LogP contribution < -0.4 is 15.6 Å². The van der Waals surface area contributed by atoms with E-state index in [1.165, 1.54) is 21.9 Å². The number of anilines is 1. The van der Waals surface area contributed by atoms with Gasteiger partial charge in [0.15, 0.2) is 0 Å². The average molecular weight is 373 g/mol. The molecule has 1 aromatic carbocycles. The number of ether oxygens (including phenoxy) is 1. The largest absolute Gasteiger partial charge is 0.497 e. The van der Waals surface area contributed by atoms with Gasteiger partial charge < -0.3 is 10.1 Å². The van der Waals surface area contributed by atoms with E-state index in [9.17, 15) is 9.59 Å². The molecule has 0 bridgehead atoms. The fourth-order valence-corrected chi connectivity index (χ4v) is 3.46. The summed E-state index contributed by atoms with van der Waals surface area (Å²) < 4.78 is 6.38. The maximum atomic E-state index is 12.2. The van der Waals surface area contributed by atoms with Crippen LogP contribution in [-0.4, -0.2) is 46.1 Å². The molecule has 2 heterocycles. The van der Waals surface area contributed by atoms with Crippen molar-refractivity contribution in [1.29, 1.82) is 0 Å². The summed E-state index contributed by atoms with van der Waals surface area (Å²) in [5.41, 5.74) is 1.17. The van der Waals surface area contributed by atoms with E-state index in [0.29, 0.717) is 22.9 Å². The summed E-state index contributed by atoms with van der Waals surface area (Å²) >= 11 is 1.34. The Hall–Kier alpha value is -2.78. The minimum absolute atomic E-state index is 0.134. The standard InChI is InChI=1S/C17H19N5O3S/c1-11-8-16(24)22-17(18-11)26-15(20-22)10-21(2)9-14(23)19-12-4-6-13(25-3)7-5-12/h4-8H,9-10H2,1-3H3,(H,19,23). The normalized spacial score (nSPS) is 11.1. The molecular weight excluding hydrogens is 354 g/mol. The van der Waals surface area contributed by atoms with Gasteiger partial charge in [-0.15, -0.1) is 0 Å². The van der Waals surface area contributed by atoms with Gasteiger partial charge in [0.1, 0.15) is 10.8 Å². The lowest BCUT2D eigenvalue weighted by Gasteiger charge is -2.14. The summed E-state index contributed by atoms with van der Waals surface area (Å²) in [5.74, 6) is 0.597. The van der Waals surface area contributed by atoms with Crippen LogP contribution in [0.4, 0.5) is 5.69 Å². The van der Waals surface area contributed by atoms with Gasteiger partial charge in [-0.25, -0.2) is 4.98 Å². The Balaban J connectivity index is 1.61. The van der Waals surface area contributed by atoms with Crippen molar-refractivity contribution < 1.29 is 9.53 Å². The minimum atomic E-state index is -0.199. The van der Waals surface area contributed by atoms with Crippen LogP contribution in [0.2, 0.25) is 0 Å². The maximum absolute atomic E-state index is 12.2. The third-order valence-corrected chi connectivity index (χ3v) is 4.50. The molecule has 0 radical (unpaired) electrons. The molecule has 9 heteroatoms. The SMILES string of the molecule is COc1ccc(NC(=O)CN(C)Cc2nn3c(=O)cc(C)nc3s2)cc1. The second kappa shape index (κ2) is 7.63. The average Bonchev–Trinajstić information content (AvgIpc) is 2.97. The molecule has 1 N–H and O–H groups in total. The van der Waals surface area contributed by atoms with E-state index in [2.05, 4.69) is 15.4 Å². The van der Waals surface area contributed by atoms with Gasteiger partial charge in [0.2, 0.25) is 10.9 Å². The molecule has 2 aromatic heterocycles. The number of aromatic nitrogens is 3. The lowest BCUT2D eigenvalue weighted by Crippen LogP contribution is -2.29. The molecule has 0 atom stereocenters. The molecule has 26 heavy (non-hydrogen) atoms. The number of hydrogen-bond donors (Lipinski definition) is 1. The number of carbonyl (C=O) groups excluding carboxylic acids is 1. The molecule has 1 amide bonds. The van der Waals surface area contributed by atoms with Crippen molar-refractivity contribution in [2.75, 3.05) is 26.0 Å². The van der Waals surface area contributed by atoms with Gasteiger partial charge in [0.25, 0.3) is 5.56 Å². The Kier molecular flexibility index (Phi) is 5.29. The number of fused-ring (bicyclic) bond motifs is 1. The molecule has 3 rings (SSSR count). The van der Waals surface area contributed by atoms with E-state index in [1.54, 1.807) is 38.3 Å². The molecular formula is C17H19N5O3S. The van der Waals surface area contributed by atoms with Crippen molar-refractivity contribution in [3.8, 4) is 5.75 Å². The smallest absolute Gasteiger partial charge is 0.275 e. The molecule has 0 aliphatic rings.